The van der Waals surface area contributed by atoms with Crippen molar-refractivity contribution in [3.63, 3.8) is 0 Å². The van der Waals surface area contributed by atoms with Crippen LogP contribution in [0.5, 0.6) is 0 Å². The van der Waals surface area contributed by atoms with Crippen molar-refractivity contribution in [2.45, 2.75) is 6.10 Å². The van der Waals surface area contributed by atoms with Gasteiger partial charge in [0.15, 0.2) is 0 Å². The Hall–Kier alpha value is -1.41. The number of aromatic nitrogens is 2. The topological polar surface area (TPSA) is 59.4 Å². The number of aryl methyl sites for hydroxylation is 1. The summed E-state index contributed by atoms with van der Waals surface area (Å²) in [5, 5.41) is 7.29. The zero-order valence-electron chi connectivity index (χ0n) is 12.4. The quantitative estimate of drug-likeness (QED) is 0.929. The number of morpholine rings is 1. The normalized spacial score (nSPS) is 19.3. The molecule has 1 amide bonds. The first-order valence-corrected chi connectivity index (χ1v) is 8.13. The SMILES string of the molecule is CN1CCO[C@@H](C(=O)Nc2cc(-c3ccc(Cl)s3)nn2C)C1. The molecular formula is C14H17ClN4O2S. The van der Waals surface area contributed by atoms with Crippen molar-refractivity contribution < 1.29 is 9.53 Å². The van der Waals surface area contributed by atoms with E-state index in [0.717, 1.165) is 17.1 Å². The molecule has 0 radical (unpaired) electrons. The molecule has 0 aromatic carbocycles. The van der Waals surface area contributed by atoms with Gasteiger partial charge in [-0.1, -0.05) is 11.6 Å². The van der Waals surface area contributed by atoms with Gasteiger partial charge in [0.1, 0.15) is 17.6 Å². The van der Waals surface area contributed by atoms with Crippen LogP contribution >= 0.6 is 22.9 Å². The Morgan fingerprint density at radius 3 is 3.00 bits per heavy atom. The van der Waals surface area contributed by atoms with E-state index >= 15 is 0 Å². The second kappa shape index (κ2) is 6.37. The lowest BCUT2D eigenvalue weighted by Crippen LogP contribution is -2.46. The highest BCUT2D eigenvalue weighted by Crippen LogP contribution is 2.31. The fourth-order valence-electron chi connectivity index (χ4n) is 2.30. The van der Waals surface area contributed by atoms with E-state index in [0.29, 0.717) is 23.3 Å². The molecule has 1 aliphatic heterocycles. The van der Waals surface area contributed by atoms with Crippen molar-refractivity contribution in [1.82, 2.24) is 14.7 Å². The van der Waals surface area contributed by atoms with Crippen molar-refractivity contribution in [3.8, 4) is 10.6 Å². The summed E-state index contributed by atoms with van der Waals surface area (Å²) in [5.74, 6) is 0.492. The van der Waals surface area contributed by atoms with Gasteiger partial charge in [0.05, 0.1) is 15.8 Å². The van der Waals surface area contributed by atoms with Crippen molar-refractivity contribution in [2.24, 2.45) is 7.05 Å². The number of carbonyl (C=O) groups excluding carboxylic acids is 1. The lowest BCUT2D eigenvalue weighted by Gasteiger charge is -2.28. The zero-order chi connectivity index (χ0) is 15.7. The van der Waals surface area contributed by atoms with Crippen molar-refractivity contribution in [3.05, 3.63) is 22.5 Å². The summed E-state index contributed by atoms with van der Waals surface area (Å²) >= 11 is 7.41. The van der Waals surface area contributed by atoms with Crippen LogP contribution in [-0.4, -0.2) is 53.4 Å². The molecule has 22 heavy (non-hydrogen) atoms. The summed E-state index contributed by atoms with van der Waals surface area (Å²) in [7, 11) is 3.77. The molecule has 1 fully saturated rings. The highest BCUT2D eigenvalue weighted by molar-refractivity contribution is 7.19. The number of rotatable bonds is 3. The summed E-state index contributed by atoms with van der Waals surface area (Å²) in [6, 6.07) is 5.59. The maximum Gasteiger partial charge on any atom is 0.255 e. The third-order valence-electron chi connectivity index (χ3n) is 3.52. The smallest absolute Gasteiger partial charge is 0.255 e. The van der Waals surface area contributed by atoms with Crippen LogP contribution in [0, 0.1) is 0 Å². The van der Waals surface area contributed by atoms with Crippen molar-refractivity contribution in [2.75, 3.05) is 32.1 Å². The second-order valence-electron chi connectivity index (χ2n) is 5.25. The molecule has 0 aliphatic carbocycles. The van der Waals surface area contributed by atoms with E-state index < -0.39 is 6.10 Å². The van der Waals surface area contributed by atoms with Crippen LogP contribution in [-0.2, 0) is 16.6 Å². The number of hydrogen-bond donors (Lipinski definition) is 1. The van der Waals surface area contributed by atoms with E-state index in [1.165, 1.54) is 11.3 Å². The predicted molar refractivity (Wildman–Crippen MR) is 87.4 cm³/mol. The summed E-state index contributed by atoms with van der Waals surface area (Å²) < 4.78 is 7.88. The maximum absolute atomic E-state index is 12.3. The molecule has 1 saturated heterocycles. The lowest BCUT2D eigenvalue weighted by atomic mass is 10.2. The molecular weight excluding hydrogens is 324 g/mol. The number of hydrogen-bond acceptors (Lipinski definition) is 5. The van der Waals surface area contributed by atoms with Crippen LogP contribution in [0.3, 0.4) is 0 Å². The molecule has 0 saturated carbocycles. The van der Waals surface area contributed by atoms with Crippen LogP contribution in [0.4, 0.5) is 5.82 Å². The highest BCUT2D eigenvalue weighted by Gasteiger charge is 2.25. The van der Waals surface area contributed by atoms with Gasteiger partial charge in [0.25, 0.3) is 5.91 Å². The van der Waals surface area contributed by atoms with Crippen LogP contribution in [0.1, 0.15) is 0 Å². The number of thiophene rings is 1. The van der Waals surface area contributed by atoms with E-state index in [1.54, 1.807) is 11.7 Å². The number of carbonyl (C=O) groups is 1. The number of likely N-dealkylation sites (N-methyl/N-ethyl adjacent to an activating group) is 1. The lowest BCUT2D eigenvalue weighted by molar-refractivity contribution is -0.132. The molecule has 0 unspecified atom stereocenters. The van der Waals surface area contributed by atoms with Crippen LogP contribution in [0.25, 0.3) is 10.6 Å². The predicted octanol–water partition coefficient (Wildman–Crippen LogP) is 2.07. The molecule has 0 bridgehead atoms. The molecule has 8 heteroatoms. The Bertz CT molecular complexity index is 684. The third-order valence-corrected chi connectivity index (χ3v) is 4.77. The van der Waals surface area contributed by atoms with Crippen LogP contribution < -0.4 is 5.32 Å². The molecule has 1 aliphatic rings. The van der Waals surface area contributed by atoms with E-state index in [-0.39, 0.29) is 5.91 Å². The van der Waals surface area contributed by atoms with Gasteiger partial charge in [-0.2, -0.15) is 5.10 Å². The zero-order valence-corrected chi connectivity index (χ0v) is 13.9. The van der Waals surface area contributed by atoms with Crippen LogP contribution in [0.2, 0.25) is 4.34 Å². The second-order valence-corrected chi connectivity index (χ2v) is 6.97. The maximum atomic E-state index is 12.3. The first kappa shape index (κ1) is 15.5. The molecule has 3 rings (SSSR count). The standard InChI is InChI=1S/C14H17ClN4O2S/c1-18-5-6-21-10(8-18)14(20)16-13-7-9(17-19(13)2)11-3-4-12(15)22-11/h3-4,7,10H,5-6,8H2,1-2H3,(H,16,20)/t10-/m1/s1. The summed E-state index contributed by atoms with van der Waals surface area (Å²) in [5.41, 5.74) is 0.788. The number of anilines is 1. The van der Waals surface area contributed by atoms with Crippen LogP contribution in [0.15, 0.2) is 18.2 Å². The number of halogens is 1. The molecule has 1 atom stereocenters. The Kier molecular flexibility index (Phi) is 4.49. The Morgan fingerprint density at radius 2 is 2.32 bits per heavy atom. The van der Waals surface area contributed by atoms with Crippen molar-refractivity contribution in [1.29, 1.82) is 0 Å². The van der Waals surface area contributed by atoms with Gasteiger partial charge >= 0.3 is 0 Å². The van der Waals surface area contributed by atoms with E-state index in [1.807, 2.05) is 25.2 Å². The Balaban J connectivity index is 1.72. The Labute approximate surface area is 137 Å². The van der Waals surface area contributed by atoms with Gasteiger partial charge in [0, 0.05) is 26.2 Å². The van der Waals surface area contributed by atoms with Gasteiger partial charge in [-0.25, -0.2) is 0 Å². The van der Waals surface area contributed by atoms with E-state index in [4.69, 9.17) is 16.3 Å². The first-order valence-electron chi connectivity index (χ1n) is 6.93. The van der Waals surface area contributed by atoms with Gasteiger partial charge in [0.2, 0.25) is 0 Å². The van der Waals surface area contributed by atoms with Gasteiger partial charge < -0.3 is 15.0 Å². The monoisotopic (exact) mass is 340 g/mol. The minimum absolute atomic E-state index is 0.148. The van der Waals surface area contributed by atoms with Gasteiger partial charge in [-0.05, 0) is 19.2 Å². The first-order chi connectivity index (χ1) is 10.5. The molecule has 2 aromatic heterocycles. The molecule has 1 N–H and O–H groups in total. The van der Waals surface area contributed by atoms with Gasteiger partial charge in [-0.3, -0.25) is 9.48 Å². The summed E-state index contributed by atoms with van der Waals surface area (Å²) in [4.78, 5) is 15.3. The van der Waals surface area contributed by atoms with Gasteiger partial charge in [-0.15, -0.1) is 11.3 Å². The third kappa shape index (κ3) is 3.33. The largest absolute Gasteiger partial charge is 0.366 e. The number of nitrogens with zero attached hydrogens (tertiary/aromatic N) is 3. The molecule has 6 nitrogen and oxygen atoms in total. The molecule has 3 heterocycles. The molecule has 118 valence electrons. The van der Waals surface area contributed by atoms with E-state index in [2.05, 4.69) is 15.3 Å². The fraction of sp³-hybridized carbons (Fsp3) is 0.429. The molecule has 0 spiro atoms. The number of amides is 1. The fourth-order valence-corrected chi connectivity index (χ4v) is 3.30. The van der Waals surface area contributed by atoms with E-state index in [9.17, 15) is 4.79 Å². The summed E-state index contributed by atoms with van der Waals surface area (Å²) in [6.07, 6.45) is -0.451. The summed E-state index contributed by atoms with van der Waals surface area (Å²) in [6.45, 7) is 2.01. The average Bonchev–Trinajstić information content (AvgIpc) is 3.06. The highest BCUT2D eigenvalue weighted by atomic mass is 35.5. The van der Waals surface area contributed by atoms with Crippen molar-refractivity contribution >= 4 is 34.7 Å². The Morgan fingerprint density at radius 1 is 1.50 bits per heavy atom. The average molecular weight is 341 g/mol. The minimum Gasteiger partial charge on any atom is -0.366 e. The number of ether oxygens (including phenoxy) is 1. The number of nitrogens with one attached hydrogen (secondary N) is 1. The minimum atomic E-state index is -0.451. The molecule has 2 aromatic rings.